The van der Waals surface area contributed by atoms with Crippen LogP contribution in [0.5, 0.6) is 0 Å². The first-order valence-electron chi connectivity index (χ1n) is 5.45. The van der Waals surface area contributed by atoms with E-state index in [1.165, 1.54) is 0 Å². The Hall–Kier alpha value is -1.29. The Morgan fingerprint density at radius 1 is 1.53 bits per heavy atom. The third kappa shape index (κ3) is 5.04. The maximum atomic E-state index is 11.8. The summed E-state index contributed by atoms with van der Waals surface area (Å²) >= 11 is 1.59. The first-order valence-corrected chi connectivity index (χ1v) is 6.84. The second kappa shape index (κ2) is 7.12. The molecule has 4 heteroatoms. The van der Waals surface area contributed by atoms with Crippen molar-refractivity contribution in [1.29, 1.82) is 0 Å². The molecular formula is C13H17NO2S. The minimum atomic E-state index is -0.264. The molecule has 92 valence electrons. The van der Waals surface area contributed by atoms with Gasteiger partial charge in [-0.3, -0.25) is 4.98 Å². The van der Waals surface area contributed by atoms with Crippen LogP contribution in [0.1, 0.15) is 19.5 Å². The number of hydrogen-bond acceptors (Lipinski definition) is 4. The second-order valence-electron chi connectivity index (χ2n) is 3.81. The van der Waals surface area contributed by atoms with Gasteiger partial charge in [0.05, 0.1) is 11.8 Å². The number of hydrogen-bond donors (Lipinski definition) is 0. The van der Waals surface area contributed by atoms with Crippen LogP contribution in [0, 0.1) is 0 Å². The van der Waals surface area contributed by atoms with Crippen LogP contribution in [0.4, 0.5) is 0 Å². The lowest BCUT2D eigenvalue weighted by Crippen LogP contribution is -2.15. The van der Waals surface area contributed by atoms with Gasteiger partial charge in [0.25, 0.3) is 0 Å². The lowest BCUT2D eigenvalue weighted by Gasteiger charge is -2.10. The Balaban J connectivity index is 2.85. The van der Waals surface area contributed by atoms with Gasteiger partial charge in [0, 0.05) is 17.5 Å². The lowest BCUT2D eigenvalue weighted by atomic mass is 10.2. The molecule has 3 nitrogen and oxygen atoms in total. The minimum Gasteiger partial charge on any atom is -0.460 e. The number of pyridine rings is 1. The highest BCUT2D eigenvalue weighted by Gasteiger charge is 2.12. The van der Waals surface area contributed by atoms with Crippen molar-refractivity contribution < 1.29 is 9.53 Å². The van der Waals surface area contributed by atoms with E-state index in [9.17, 15) is 4.79 Å². The van der Waals surface area contributed by atoms with Crippen LogP contribution in [0.3, 0.4) is 0 Å². The van der Waals surface area contributed by atoms with Gasteiger partial charge in [0.15, 0.2) is 0 Å². The predicted molar refractivity (Wildman–Crippen MR) is 71.8 cm³/mol. The van der Waals surface area contributed by atoms with Gasteiger partial charge in [-0.25, -0.2) is 4.79 Å². The van der Waals surface area contributed by atoms with Crippen LogP contribution in [0.2, 0.25) is 0 Å². The number of nitrogens with zero attached hydrogens (tertiary/aromatic N) is 1. The molecule has 17 heavy (non-hydrogen) atoms. The zero-order valence-electron chi connectivity index (χ0n) is 10.3. The van der Waals surface area contributed by atoms with Crippen molar-refractivity contribution in [3.05, 3.63) is 35.7 Å². The van der Waals surface area contributed by atoms with Crippen LogP contribution in [-0.2, 0) is 9.53 Å². The van der Waals surface area contributed by atoms with Gasteiger partial charge in [-0.15, -0.1) is 0 Å². The summed E-state index contributed by atoms with van der Waals surface area (Å²) in [4.78, 5) is 16.0. The Kier molecular flexibility index (Phi) is 5.77. The fraction of sp³-hybridized carbons (Fsp3) is 0.385. The van der Waals surface area contributed by atoms with Crippen LogP contribution in [-0.4, -0.2) is 29.1 Å². The molecule has 0 saturated carbocycles. The van der Waals surface area contributed by atoms with Crippen molar-refractivity contribution >= 4 is 23.8 Å². The van der Waals surface area contributed by atoms with E-state index in [2.05, 4.69) is 4.98 Å². The number of carbonyl (C=O) groups is 1. The Labute approximate surface area is 106 Å². The SMILES string of the molecule is CSC/C(=C\c1ccccn1)C(=O)OC(C)C. The van der Waals surface area contributed by atoms with Gasteiger partial charge in [0.1, 0.15) is 0 Å². The van der Waals surface area contributed by atoms with E-state index in [1.54, 1.807) is 24.0 Å². The van der Waals surface area contributed by atoms with Gasteiger partial charge in [-0.2, -0.15) is 11.8 Å². The molecule has 0 bridgehead atoms. The largest absolute Gasteiger partial charge is 0.460 e. The van der Waals surface area contributed by atoms with E-state index in [0.717, 1.165) is 5.69 Å². The standard InChI is InChI=1S/C13H17NO2S/c1-10(2)16-13(15)11(9-17-3)8-12-6-4-5-7-14-12/h4-8,10H,9H2,1-3H3/b11-8+. The Bertz CT molecular complexity index is 388. The van der Waals surface area contributed by atoms with E-state index < -0.39 is 0 Å². The molecule has 0 N–H and O–H groups in total. The van der Waals surface area contributed by atoms with Crippen molar-refractivity contribution in [1.82, 2.24) is 4.98 Å². The maximum Gasteiger partial charge on any atom is 0.335 e. The van der Waals surface area contributed by atoms with Gasteiger partial charge < -0.3 is 4.74 Å². The van der Waals surface area contributed by atoms with Crippen LogP contribution in [0.25, 0.3) is 6.08 Å². The first kappa shape index (κ1) is 13.8. The van der Waals surface area contributed by atoms with Crippen molar-refractivity contribution in [2.75, 3.05) is 12.0 Å². The molecule has 1 aromatic rings. The van der Waals surface area contributed by atoms with Crippen LogP contribution < -0.4 is 0 Å². The molecule has 0 radical (unpaired) electrons. The molecule has 0 aliphatic heterocycles. The van der Waals surface area contributed by atoms with E-state index in [1.807, 2.05) is 38.3 Å². The molecule has 0 aliphatic carbocycles. The van der Waals surface area contributed by atoms with Crippen molar-refractivity contribution in [3.8, 4) is 0 Å². The quantitative estimate of drug-likeness (QED) is 0.596. The number of aromatic nitrogens is 1. The lowest BCUT2D eigenvalue weighted by molar-refractivity contribution is -0.142. The third-order valence-electron chi connectivity index (χ3n) is 1.91. The normalized spacial score (nSPS) is 11.6. The zero-order chi connectivity index (χ0) is 12.7. The maximum absolute atomic E-state index is 11.8. The van der Waals surface area contributed by atoms with Crippen LogP contribution in [0.15, 0.2) is 30.0 Å². The van der Waals surface area contributed by atoms with Crippen LogP contribution >= 0.6 is 11.8 Å². The third-order valence-corrected chi connectivity index (χ3v) is 2.51. The predicted octanol–water partition coefficient (Wildman–Crippen LogP) is 2.78. The molecule has 0 unspecified atom stereocenters. The van der Waals surface area contributed by atoms with Gasteiger partial charge in [-0.05, 0) is 38.3 Å². The molecule has 1 aromatic heterocycles. The average Bonchev–Trinajstić information content (AvgIpc) is 2.29. The number of thioether (sulfide) groups is 1. The summed E-state index contributed by atoms with van der Waals surface area (Å²) in [7, 11) is 0. The minimum absolute atomic E-state index is 0.100. The summed E-state index contributed by atoms with van der Waals surface area (Å²) in [6, 6.07) is 5.60. The van der Waals surface area contributed by atoms with Gasteiger partial charge in [-0.1, -0.05) is 6.07 Å². The summed E-state index contributed by atoms with van der Waals surface area (Å²) < 4.78 is 5.19. The van der Waals surface area contributed by atoms with Gasteiger partial charge >= 0.3 is 5.97 Å². The highest BCUT2D eigenvalue weighted by atomic mass is 32.2. The number of rotatable bonds is 5. The van der Waals surface area contributed by atoms with E-state index in [-0.39, 0.29) is 12.1 Å². The summed E-state index contributed by atoms with van der Waals surface area (Å²) in [5, 5.41) is 0. The molecule has 0 atom stereocenters. The molecule has 0 saturated heterocycles. The fourth-order valence-corrected chi connectivity index (χ4v) is 1.76. The highest BCUT2D eigenvalue weighted by molar-refractivity contribution is 7.98. The summed E-state index contributed by atoms with van der Waals surface area (Å²) in [5.74, 6) is 0.363. The summed E-state index contributed by atoms with van der Waals surface area (Å²) in [6.07, 6.45) is 5.34. The number of esters is 1. The zero-order valence-corrected chi connectivity index (χ0v) is 11.2. The first-order chi connectivity index (χ1) is 8.13. The number of ether oxygens (including phenoxy) is 1. The summed E-state index contributed by atoms with van der Waals surface area (Å²) in [6.45, 7) is 3.69. The highest BCUT2D eigenvalue weighted by Crippen LogP contribution is 2.12. The molecule has 1 rings (SSSR count). The smallest absolute Gasteiger partial charge is 0.335 e. The average molecular weight is 251 g/mol. The molecule has 1 heterocycles. The molecule has 0 aromatic carbocycles. The van der Waals surface area contributed by atoms with E-state index >= 15 is 0 Å². The van der Waals surface area contributed by atoms with Crippen molar-refractivity contribution in [2.24, 2.45) is 0 Å². The molecule has 0 spiro atoms. The Morgan fingerprint density at radius 2 is 2.29 bits per heavy atom. The second-order valence-corrected chi connectivity index (χ2v) is 4.68. The van der Waals surface area contributed by atoms with E-state index in [4.69, 9.17) is 4.74 Å². The van der Waals surface area contributed by atoms with Gasteiger partial charge in [0.2, 0.25) is 0 Å². The summed E-state index contributed by atoms with van der Waals surface area (Å²) in [5.41, 5.74) is 1.42. The fourth-order valence-electron chi connectivity index (χ4n) is 1.24. The molecule has 0 amide bonds. The topological polar surface area (TPSA) is 39.2 Å². The number of carbonyl (C=O) groups excluding carboxylic acids is 1. The van der Waals surface area contributed by atoms with Crippen molar-refractivity contribution in [3.63, 3.8) is 0 Å². The monoisotopic (exact) mass is 251 g/mol. The molecular weight excluding hydrogens is 234 g/mol. The molecule has 0 aliphatic rings. The Morgan fingerprint density at radius 3 is 2.82 bits per heavy atom. The van der Waals surface area contributed by atoms with Crippen molar-refractivity contribution in [2.45, 2.75) is 20.0 Å². The van der Waals surface area contributed by atoms with E-state index in [0.29, 0.717) is 11.3 Å². The molecule has 0 fully saturated rings.